The predicted octanol–water partition coefficient (Wildman–Crippen LogP) is 5.80. The minimum atomic E-state index is -4.74. The van der Waals surface area contributed by atoms with Crippen LogP contribution in [-0.4, -0.2) is 77.6 Å². The first-order valence-electron chi connectivity index (χ1n) is 18.8. The maximum Gasteiger partial charge on any atom is 0.422 e. The molecule has 5 atom stereocenters. The molecule has 2 saturated carbocycles. The fourth-order valence-corrected chi connectivity index (χ4v) is 9.87. The van der Waals surface area contributed by atoms with Gasteiger partial charge in [-0.25, -0.2) is 13.4 Å². The molecule has 54 heavy (non-hydrogen) atoms. The molecule has 11 nitrogen and oxygen atoms in total. The zero-order valence-corrected chi connectivity index (χ0v) is 31.3. The molecule has 3 aliphatic heterocycles. The minimum Gasteiger partial charge on any atom is -0.483 e. The van der Waals surface area contributed by atoms with Crippen molar-refractivity contribution in [2.24, 2.45) is 17.3 Å². The zero-order chi connectivity index (χ0) is 38.7. The summed E-state index contributed by atoms with van der Waals surface area (Å²) in [5.74, 6) is -3.80. The van der Waals surface area contributed by atoms with Crippen LogP contribution in [0.1, 0.15) is 95.2 Å². The molecule has 2 aromatic rings. The molecule has 2 aliphatic carbocycles. The molecule has 1 saturated heterocycles. The van der Waals surface area contributed by atoms with Crippen LogP contribution >= 0.6 is 0 Å². The number of allylic oxidation sites excluding steroid dienone is 2. The maximum absolute atomic E-state index is 14.6. The highest BCUT2D eigenvalue weighted by Crippen LogP contribution is 2.58. The van der Waals surface area contributed by atoms with Crippen molar-refractivity contribution < 1.29 is 50.2 Å². The molecule has 1 aromatic carbocycles. The van der Waals surface area contributed by atoms with Gasteiger partial charge in [0.05, 0.1) is 40.4 Å². The Hall–Kier alpha value is -4.01. The molecule has 7 rings (SSSR count). The van der Waals surface area contributed by atoms with Crippen LogP contribution in [0.15, 0.2) is 36.4 Å². The smallest absolute Gasteiger partial charge is 0.422 e. The molecule has 0 radical (unpaired) electrons. The number of nitrogens with one attached hydrogen (secondary N) is 1. The number of carbonyl (C=O) groups excluding carboxylic acids is 4. The number of benzene rings is 1. The van der Waals surface area contributed by atoms with Gasteiger partial charge in [0.15, 0.2) is 12.4 Å². The molecule has 5 aliphatic rings. The van der Waals surface area contributed by atoms with Crippen LogP contribution in [0.25, 0.3) is 10.9 Å². The van der Waals surface area contributed by atoms with Gasteiger partial charge in [-0.05, 0) is 77.2 Å². The first-order valence-corrected chi connectivity index (χ1v) is 20.3. The van der Waals surface area contributed by atoms with E-state index in [0.29, 0.717) is 62.8 Å². The van der Waals surface area contributed by atoms with Crippen molar-refractivity contribution >= 4 is 44.5 Å². The van der Waals surface area contributed by atoms with E-state index in [-0.39, 0.29) is 38.1 Å². The van der Waals surface area contributed by atoms with E-state index < -0.39 is 80.5 Å². The summed E-state index contributed by atoms with van der Waals surface area (Å²) in [5.41, 5.74) is 0.0464. The molecule has 1 N–H and O–H groups in total. The number of hydrogen-bond donors (Lipinski definition) is 1. The number of ether oxygens (including phenoxy) is 2. The number of hydrogen-bond acceptors (Lipinski definition) is 9. The van der Waals surface area contributed by atoms with E-state index in [1.54, 1.807) is 6.92 Å². The molecular formula is C39H46F3N3O8S. The van der Waals surface area contributed by atoms with E-state index in [1.165, 1.54) is 4.90 Å². The highest BCUT2D eigenvalue weighted by molar-refractivity contribution is 7.91. The summed E-state index contributed by atoms with van der Waals surface area (Å²) in [5, 5.41) is 0.932. The molecule has 0 unspecified atom stereocenters. The van der Waals surface area contributed by atoms with Crippen LogP contribution in [0.3, 0.4) is 0 Å². The molecule has 1 aromatic heterocycles. The Kier molecular flexibility index (Phi) is 9.87. The van der Waals surface area contributed by atoms with Crippen LogP contribution in [0, 0.1) is 24.2 Å². The number of aromatic nitrogens is 1. The van der Waals surface area contributed by atoms with Crippen LogP contribution in [0.2, 0.25) is 0 Å². The van der Waals surface area contributed by atoms with Crippen LogP contribution in [-0.2, 0) is 40.4 Å². The van der Waals surface area contributed by atoms with Gasteiger partial charge in [-0.1, -0.05) is 43.2 Å². The van der Waals surface area contributed by atoms with Gasteiger partial charge in [-0.3, -0.25) is 23.9 Å². The van der Waals surface area contributed by atoms with E-state index in [2.05, 4.69) is 9.46 Å². The van der Waals surface area contributed by atoms with Crippen molar-refractivity contribution in [3.05, 3.63) is 47.7 Å². The van der Waals surface area contributed by atoms with E-state index in [0.717, 1.165) is 16.5 Å². The predicted molar refractivity (Wildman–Crippen MR) is 190 cm³/mol. The van der Waals surface area contributed by atoms with E-state index >= 15 is 0 Å². The van der Waals surface area contributed by atoms with Crippen molar-refractivity contribution in [3.8, 4) is 5.75 Å². The van der Waals surface area contributed by atoms with Gasteiger partial charge in [0.2, 0.25) is 21.8 Å². The second-order valence-electron chi connectivity index (χ2n) is 16.2. The molecule has 2 amide bonds. The third-order valence-electron chi connectivity index (χ3n) is 12.2. The Bertz CT molecular complexity index is 2010. The third kappa shape index (κ3) is 7.48. The minimum absolute atomic E-state index is 0.0304. The van der Waals surface area contributed by atoms with Crippen molar-refractivity contribution in [2.45, 2.75) is 120 Å². The number of Topliss-reactive ketones (excluding diaryl/α,β-unsaturated/α-hetero) is 1. The Morgan fingerprint density at radius 3 is 2.59 bits per heavy atom. The first kappa shape index (κ1) is 38.3. The van der Waals surface area contributed by atoms with Crippen molar-refractivity contribution in [1.82, 2.24) is 14.6 Å². The molecule has 15 heteroatoms. The standard InChI is InChI=1S/C39H46F3N3O8S/c1-24-33-28(27-12-8-9-13-29(27)43-24)14-15-37(53-33)20-30-31(46)21-38(35(49)44-54(50,51)36(2)16-17-36)19-26(38)11-7-5-3-4-6-10-25(34(48)45(30)22-37)18-32(47)52-23-39(40,41)42/h7-9,11-13,25-26,30H,3-6,10,14-23H2,1-2H3,(H,44,49)/b11-7-/t25-,26-,30+,37-,38-/m1/s1. The number of para-hydroxylation sites is 1. The highest BCUT2D eigenvalue weighted by Gasteiger charge is 2.63. The number of amides is 2. The number of halogens is 3. The number of alkyl halides is 3. The van der Waals surface area contributed by atoms with Gasteiger partial charge in [0, 0.05) is 29.7 Å². The van der Waals surface area contributed by atoms with Crippen LogP contribution in [0.5, 0.6) is 5.75 Å². The summed E-state index contributed by atoms with van der Waals surface area (Å²) in [6.07, 6.45) is 2.99. The van der Waals surface area contributed by atoms with Gasteiger partial charge in [0.1, 0.15) is 11.4 Å². The molecular weight excluding hydrogens is 728 g/mol. The average Bonchev–Trinajstić information content (AvgIpc) is 4.00. The quantitative estimate of drug-likeness (QED) is 0.284. The molecule has 292 valence electrons. The maximum atomic E-state index is 14.6. The number of nitrogens with zero attached hydrogens (tertiary/aromatic N) is 2. The van der Waals surface area contributed by atoms with E-state index in [4.69, 9.17) is 9.72 Å². The Morgan fingerprint density at radius 2 is 1.85 bits per heavy atom. The van der Waals surface area contributed by atoms with Crippen LogP contribution < -0.4 is 9.46 Å². The lowest BCUT2D eigenvalue weighted by Crippen LogP contribution is -2.48. The lowest BCUT2D eigenvalue weighted by molar-refractivity contribution is -0.187. The summed E-state index contributed by atoms with van der Waals surface area (Å²) in [7, 11) is -4.00. The topological polar surface area (TPSA) is 149 Å². The average molecular weight is 774 g/mol. The van der Waals surface area contributed by atoms with Crippen molar-refractivity contribution in [1.29, 1.82) is 0 Å². The molecule has 0 bridgehead atoms. The Morgan fingerprint density at radius 1 is 1.09 bits per heavy atom. The van der Waals surface area contributed by atoms with Crippen molar-refractivity contribution in [3.63, 3.8) is 0 Å². The third-order valence-corrected chi connectivity index (χ3v) is 14.3. The summed E-state index contributed by atoms with van der Waals surface area (Å²) in [6, 6.07) is 6.59. The lowest BCUT2D eigenvalue weighted by Gasteiger charge is -2.36. The number of aryl methyl sites for hydroxylation is 2. The van der Waals surface area contributed by atoms with E-state index in [1.807, 2.05) is 43.3 Å². The number of fused-ring (bicyclic) bond motifs is 5. The number of sulfonamides is 1. The van der Waals surface area contributed by atoms with Crippen molar-refractivity contribution in [2.75, 3.05) is 13.2 Å². The molecule has 1 spiro atoms. The largest absolute Gasteiger partial charge is 0.483 e. The second-order valence-corrected chi connectivity index (χ2v) is 18.4. The number of pyridine rings is 1. The summed E-state index contributed by atoms with van der Waals surface area (Å²) in [6.45, 7) is 1.60. The lowest BCUT2D eigenvalue weighted by atomic mass is 9.85. The second kappa shape index (κ2) is 13.9. The van der Waals surface area contributed by atoms with Gasteiger partial charge in [-0.15, -0.1) is 0 Å². The van der Waals surface area contributed by atoms with Gasteiger partial charge >= 0.3 is 12.1 Å². The summed E-state index contributed by atoms with van der Waals surface area (Å²) >= 11 is 0. The zero-order valence-electron chi connectivity index (χ0n) is 30.5. The SMILES string of the molecule is Cc1nc2ccccc2c2c1O[C@]1(CC2)C[C@H]2C(=O)C[C@]3(C(=O)NS(=O)(=O)C4(C)CC4)C[C@H]3/C=C\CCCCC[C@H](CC(=O)OCC(F)(F)F)C(=O)N2C1. The number of ketones is 1. The monoisotopic (exact) mass is 773 g/mol. The number of esters is 1. The number of carbonyl (C=O) groups is 4. The van der Waals surface area contributed by atoms with Crippen LogP contribution in [0.4, 0.5) is 13.2 Å². The Labute approximate surface area is 312 Å². The number of rotatable bonds is 6. The van der Waals surface area contributed by atoms with Gasteiger partial charge in [0.25, 0.3) is 0 Å². The summed E-state index contributed by atoms with van der Waals surface area (Å²) < 4.78 is 77.6. The fourth-order valence-electron chi connectivity index (χ4n) is 8.54. The van der Waals surface area contributed by atoms with E-state index in [9.17, 15) is 40.8 Å². The van der Waals surface area contributed by atoms with Gasteiger partial charge in [-0.2, -0.15) is 13.2 Å². The molecule has 3 fully saturated rings. The molecule has 4 heterocycles. The highest BCUT2D eigenvalue weighted by atomic mass is 32.2. The Balaban J connectivity index is 1.22. The first-order chi connectivity index (χ1) is 25.4. The normalized spacial score (nSPS) is 30.2. The van der Waals surface area contributed by atoms with Gasteiger partial charge < -0.3 is 14.4 Å². The fraction of sp³-hybridized carbons (Fsp3) is 0.615. The summed E-state index contributed by atoms with van der Waals surface area (Å²) in [4.78, 5) is 62.0.